The molecule has 3 aromatic rings. The normalized spacial score (nSPS) is 10.4. The number of carbonyl (C=O) groups is 1. The molecule has 0 aliphatic rings. The summed E-state index contributed by atoms with van der Waals surface area (Å²) in [7, 11) is 1.66. The Morgan fingerprint density at radius 2 is 1.57 bits per heavy atom. The van der Waals surface area contributed by atoms with Crippen LogP contribution in [0.15, 0.2) is 72.8 Å². The van der Waals surface area contributed by atoms with Crippen LogP contribution in [0.1, 0.15) is 22.3 Å². The van der Waals surface area contributed by atoms with E-state index in [1.165, 1.54) is 11.1 Å². The largest absolute Gasteiger partial charge is 0.497 e. The highest BCUT2D eigenvalue weighted by Crippen LogP contribution is 2.15. The van der Waals surface area contributed by atoms with E-state index in [9.17, 15) is 4.79 Å². The first-order valence-electron chi connectivity index (χ1n) is 9.40. The van der Waals surface area contributed by atoms with Crippen molar-refractivity contribution in [3.05, 3.63) is 95.1 Å². The van der Waals surface area contributed by atoms with Crippen LogP contribution in [0.5, 0.6) is 5.75 Å². The number of amides is 1. The van der Waals surface area contributed by atoms with E-state index in [4.69, 9.17) is 4.74 Å². The van der Waals surface area contributed by atoms with Gasteiger partial charge in [-0.15, -0.1) is 0 Å². The molecule has 28 heavy (non-hydrogen) atoms. The van der Waals surface area contributed by atoms with Crippen molar-refractivity contribution in [1.82, 2.24) is 5.32 Å². The molecular formula is C24H26N2O2. The highest BCUT2D eigenvalue weighted by Gasteiger charge is 2.04. The van der Waals surface area contributed by atoms with E-state index in [1.807, 2.05) is 60.7 Å². The molecule has 1 amide bonds. The number of methoxy groups -OCH3 is 1. The number of benzene rings is 3. The quantitative estimate of drug-likeness (QED) is 0.611. The van der Waals surface area contributed by atoms with Crippen molar-refractivity contribution in [2.45, 2.75) is 26.4 Å². The number of ether oxygens (including phenoxy) is 1. The predicted molar refractivity (Wildman–Crippen MR) is 113 cm³/mol. The van der Waals surface area contributed by atoms with Crippen molar-refractivity contribution < 1.29 is 9.53 Å². The number of hydrogen-bond donors (Lipinski definition) is 2. The Labute approximate surface area is 166 Å². The second-order valence-electron chi connectivity index (χ2n) is 6.84. The summed E-state index contributed by atoms with van der Waals surface area (Å²) in [6, 6.07) is 24.2. The average molecular weight is 374 g/mol. The first kappa shape index (κ1) is 19.5. The molecule has 4 nitrogen and oxygen atoms in total. The SMILES string of the molecule is COc1ccc(CNc2ccc(CC(=O)NCc3cccc(C)c3)cc2)cc1. The minimum atomic E-state index is 0.0282. The fourth-order valence-corrected chi connectivity index (χ4v) is 2.96. The number of rotatable bonds is 8. The highest BCUT2D eigenvalue weighted by molar-refractivity contribution is 5.78. The maximum atomic E-state index is 12.2. The molecule has 3 aromatic carbocycles. The molecule has 0 atom stereocenters. The zero-order valence-corrected chi connectivity index (χ0v) is 16.4. The van der Waals surface area contributed by atoms with Crippen molar-refractivity contribution in [2.24, 2.45) is 0 Å². The van der Waals surface area contributed by atoms with Gasteiger partial charge in [0.2, 0.25) is 5.91 Å². The predicted octanol–water partition coefficient (Wildman–Crippen LogP) is 4.47. The van der Waals surface area contributed by atoms with Crippen molar-refractivity contribution in [1.29, 1.82) is 0 Å². The lowest BCUT2D eigenvalue weighted by molar-refractivity contribution is -0.120. The Bertz CT molecular complexity index is 903. The maximum absolute atomic E-state index is 12.2. The third-order valence-corrected chi connectivity index (χ3v) is 4.55. The molecule has 0 aromatic heterocycles. The van der Waals surface area contributed by atoms with E-state index in [0.29, 0.717) is 13.0 Å². The lowest BCUT2D eigenvalue weighted by atomic mass is 10.1. The first-order valence-corrected chi connectivity index (χ1v) is 9.40. The number of nitrogens with one attached hydrogen (secondary N) is 2. The van der Waals surface area contributed by atoms with Crippen LogP contribution >= 0.6 is 0 Å². The van der Waals surface area contributed by atoms with Crippen LogP contribution in [0.25, 0.3) is 0 Å². The van der Waals surface area contributed by atoms with Crippen molar-refractivity contribution >= 4 is 11.6 Å². The molecule has 3 rings (SSSR count). The number of anilines is 1. The Morgan fingerprint density at radius 1 is 0.857 bits per heavy atom. The summed E-state index contributed by atoms with van der Waals surface area (Å²) in [5, 5.41) is 6.37. The zero-order chi connectivity index (χ0) is 19.8. The van der Waals surface area contributed by atoms with Gasteiger partial charge in [0.05, 0.1) is 13.5 Å². The van der Waals surface area contributed by atoms with Crippen LogP contribution in [0.4, 0.5) is 5.69 Å². The molecule has 0 unspecified atom stereocenters. The molecule has 0 radical (unpaired) electrons. The van der Waals surface area contributed by atoms with Gasteiger partial charge in [-0.2, -0.15) is 0 Å². The molecule has 0 saturated carbocycles. The maximum Gasteiger partial charge on any atom is 0.224 e. The van der Waals surface area contributed by atoms with Gasteiger partial charge in [-0.25, -0.2) is 0 Å². The van der Waals surface area contributed by atoms with E-state index in [2.05, 4.69) is 29.7 Å². The van der Waals surface area contributed by atoms with Gasteiger partial charge in [0.15, 0.2) is 0 Å². The lowest BCUT2D eigenvalue weighted by Gasteiger charge is -2.09. The summed E-state index contributed by atoms with van der Waals surface area (Å²) in [5.74, 6) is 0.884. The van der Waals surface area contributed by atoms with E-state index in [0.717, 1.165) is 29.1 Å². The molecule has 0 aliphatic carbocycles. The Morgan fingerprint density at radius 3 is 2.25 bits per heavy atom. The topological polar surface area (TPSA) is 50.4 Å². The minimum absolute atomic E-state index is 0.0282. The molecule has 0 bridgehead atoms. The van der Waals surface area contributed by atoms with E-state index in [-0.39, 0.29) is 5.91 Å². The fourth-order valence-electron chi connectivity index (χ4n) is 2.96. The molecule has 2 N–H and O–H groups in total. The van der Waals surface area contributed by atoms with Gasteiger partial charge in [0, 0.05) is 18.8 Å². The number of aryl methyl sites for hydroxylation is 1. The second-order valence-corrected chi connectivity index (χ2v) is 6.84. The molecule has 0 aliphatic heterocycles. The van der Waals surface area contributed by atoms with Crippen LogP contribution in [0.2, 0.25) is 0 Å². The van der Waals surface area contributed by atoms with Gasteiger partial charge >= 0.3 is 0 Å². The van der Waals surface area contributed by atoms with Crippen molar-refractivity contribution in [2.75, 3.05) is 12.4 Å². The van der Waals surface area contributed by atoms with Crippen LogP contribution in [-0.4, -0.2) is 13.0 Å². The van der Waals surface area contributed by atoms with Gasteiger partial charge in [-0.05, 0) is 47.9 Å². The van der Waals surface area contributed by atoms with Gasteiger partial charge in [0.25, 0.3) is 0 Å². The van der Waals surface area contributed by atoms with Crippen molar-refractivity contribution in [3.63, 3.8) is 0 Å². The summed E-state index contributed by atoms with van der Waals surface area (Å²) in [4.78, 5) is 12.2. The zero-order valence-electron chi connectivity index (χ0n) is 16.4. The summed E-state index contributed by atoms with van der Waals surface area (Å²) in [5.41, 5.74) is 5.52. The standard InChI is InChI=1S/C24H26N2O2/c1-18-4-3-5-21(14-18)17-26-24(27)15-19-6-10-22(11-7-19)25-16-20-8-12-23(28-2)13-9-20/h3-14,25H,15-17H2,1-2H3,(H,26,27). The van der Waals surface area contributed by atoms with E-state index < -0.39 is 0 Å². The van der Waals surface area contributed by atoms with Crippen LogP contribution in [0.3, 0.4) is 0 Å². The molecule has 0 spiro atoms. The third-order valence-electron chi connectivity index (χ3n) is 4.55. The Kier molecular flexibility index (Phi) is 6.68. The lowest BCUT2D eigenvalue weighted by Crippen LogP contribution is -2.24. The molecule has 0 heterocycles. The summed E-state index contributed by atoms with van der Waals surface area (Å²) < 4.78 is 5.17. The number of carbonyl (C=O) groups excluding carboxylic acids is 1. The van der Waals surface area contributed by atoms with Crippen LogP contribution in [0, 0.1) is 6.92 Å². The van der Waals surface area contributed by atoms with E-state index in [1.54, 1.807) is 7.11 Å². The molecule has 0 fully saturated rings. The van der Waals surface area contributed by atoms with E-state index >= 15 is 0 Å². The van der Waals surface area contributed by atoms with Crippen LogP contribution in [-0.2, 0) is 24.3 Å². The average Bonchev–Trinajstić information content (AvgIpc) is 2.72. The monoisotopic (exact) mass is 374 g/mol. The minimum Gasteiger partial charge on any atom is -0.497 e. The van der Waals surface area contributed by atoms with Crippen molar-refractivity contribution in [3.8, 4) is 5.75 Å². The summed E-state index contributed by atoms with van der Waals surface area (Å²) in [6.07, 6.45) is 0.380. The van der Waals surface area contributed by atoms with Gasteiger partial charge in [-0.1, -0.05) is 54.1 Å². The first-order chi connectivity index (χ1) is 13.6. The van der Waals surface area contributed by atoms with Gasteiger partial charge < -0.3 is 15.4 Å². The molecule has 144 valence electrons. The van der Waals surface area contributed by atoms with Gasteiger partial charge in [0.1, 0.15) is 5.75 Å². The highest BCUT2D eigenvalue weighted by atomic mass is 16.5. The molecular weight excluding hydrogens is 348 g/mol. The third kappa shape index (κ3) is 5.88. The molecule has 0 saturated heterocycles. The second kappa shape index (κ2) is 9.60. The number of hydrogen-bond acceptors (Lipinski definition) is 3. The van der Waals surface area contributed by atoms with Gasteiger partial charge in [-0.3, -0.25) is 4.79 Å². The fraction of sp³-hybridized carbons (Fsp3) is 0.208. The Balaban J connectivity index is 1.46. The summed E-state index contributed by atoms with van der Waals surface area (Å²) >= 11 is 0. The smallest absolute Gasteiger partial charge is 0.224 e. The van der Waals surface area contributed by atoms with Crippen LogP contribution < -0.4 is 15.4 Å². The Hall–Kier alpha value is -3.27. The molecule has 4 heteroatoms. The summed E-state index contributed by atoms with van der Waals surface area (Å²) in [6.45, 7) is 3.35.